The van der Waals surface area contributed by atoms with Gasteiger partial charge in [0, 0.05) is 13.1 Å². The number of hydrogen-bond donors (Lipinski definition) is 1. The second kappa shape index (κ2) is 6.94. The zero-order chi connectivity index (χ0) is 13.5. The van der Waals surface area contributed by atoms with Gasteiger partial charge in [0.2, 0.25) is 0 Å². The normalized spacial score (nSPS) is 15.1. The van der Waals surface area contributed by atoms with Gasteiger partial charge in [0.15, 0.2) is 11.6 Å². The second-order valence-electron chi connectivity index (χ2n) is 4.11. The van der Waals surface area contributed by atoms with Gasteiger partial charge in [-0.2, -0.15) is 0 Å². The number of para-hydroxylation sites is 1. The lowest BCUT2D eigenvalue weighted by Crippen LogP contribution is -2.47. The number of halogens is 1. The first kappa shape index (κ1) is 13.6. The highest BCUT2D eigenvalue weighted by atomic mass is 19.1. The minimum atomic E-state index is -0.401. The second-order valence-corrected chi connectivity index (χ2v) is 4.11. The van der Waals surface area contributed by atoms with Gasteiger partial charge in [0.05, 0.1) is 19.8 Å². The van der Waals surface area contributed by atoms with E-state index in [0.29, 0.717) is 32.8 Å². The van der Waals surface area contributed by atoms with Gasteiger partial charge in [-0.05, 0) is 12.1 Å². The van der Waals surface area contributed by atoms with Crippen molar-refractivity contribution in [3.8, 4) is 5.75 Å². The Hall–Kier alpha value is -1.82. The molecule has 5 nitrogen and oxygen atoms in total. The molecule has 0 saturated carbocycles. The molecule has 1 saturated heterocycles. The minimum Gasteiger partial charge on any atom is -0.489 e. The van der Waals surface area contributed by atoms with Crippen LogP contribution in [0.25, 0.3) is 0 Å². The molecule has 19 heavy (non-hydrogen) atoms. The molecule has 0 bridgehead atoms. The van der Waals surface area contributed by atoms with Gasteiger partial charge < -0.3 is 19.7 Å². The molecule has 104 valence electrons. The molecule has 1 aromatic carbocycles. The standard InChI is InChI=1S/C13H17FN2O3/c14-11-3-1-2-4-12(11)19-8-5-15-13(17)16-6-9-18-10-7-16/h1-4H,5-10H2,(H,15,17). The van der Waals surface area contributed by atoms with Gasteiger partial charge in [-0.3, -0.25) is 0 Å². The Kier molecular flexibility index (Phi) is 4.97. The maximum absolute atomic E-state index is 13.2. The lowest BCUT2D eigenvalue weighted by atomic mass is 10.3. The smallest absolute Gasteiger partial charge is 0.317 e. The number of nitrogens with zero attached hydrogens (tertiary/aromatic N) is 1. The van der Waals surface area contributed by atoms with Crippen molar-refractivity contribution in [3.05, 3.63) is 30.1 Å². The molecule has 1 aromatic rings. The van der Waals surface area contributed by atoms with E-state index in [2.05, 4.69) is 5.32 Å². The van der Waals surface area contributed by atoms with Gasteiger partial charge in [0.25, 0.3) is 0 Å². The Morgan fingerprint density at radius 3 is 2.84 bits per heavy atom. The Balaban J connectivity index is 1.66. The predicted molar refractivity (Wildman–Crippen MR) is 67.7 cm³/mol. The van der Waals surface area contributed by atoms with E-state index in [4.69, 9.17) is 9.47 Å². The van der Waals surface area contributed by atoms with Gasteiger partial charge in [-0.25, -0.2) is 9.18 Å². The largest absolute Gasteiger partial charge is 0.489 e. The summed E-state index contributed by atoms with van der Waals surface area (Å²) in [5.74, 6) is -0.204. The zero-order valence-corrected chi connectivity index (χ0v) is 10.6. The van der Waals surface area contributed by atoms with Crippen molar-refractivity contribution in [1.82, 2.24) is 10.2 Å². The summed E-state index contributed by atoms with van der Waals surface area (Å²) < 4.78 is 23.6. The first-order valence-corrected chi connectivity index (χ1v) is 6.25. The molecule has 0 radical (unpaired) electrons. The molecule has 2 rings (SSSR count). The Bertz CT molecular complexity index is 422. The molecule has 0 spiro atoms. The number of rotatable bonds is 4. The zero-order valence-electron chi connectivity index (χ0n) is 10.6. The quantitative estimate of drug-likeness (QED) is 0.836. The number of carbonyl (C=O) groups excluding carboxylic acids is 1. The average Bonchev–Trinajstić information content (AvgIpc) is 2.46. The van der Waals surface area contributed by atoms with Gasteiger partial charge in [0.1, 0.15) is 6.61 Å². The average molecular weight is 268 g/mol. The highest BCUT2D eigenvalue weighted by Crippen LogP contribution is 2.14. The molecule has 2 amide bonds. The van der Waals surface area contributed by atoms with Crippen molar-refractivity contribution in [2.45, 2.75) is 0 Å². The topological polar surface area (TPSA) is 50.8 Å². The SMILES string of the molecule is O=C(NCCOc1ccccc1F)N1CCOCC1. The summed E-state index contributed by atoms with van der Waals surface area (Å²) in [6.45, 7) is 2.90. The van der Waals surface area contributed by atoms with Crippen LogP contribution in [-0.2, 0) is 4.74 Å². The fraction of sp³-hybridized carbons (Fsp3) is 0.462. The van der Waals surface area contributed by atoms with Crippen LogP contribution < -0.4 is 10.1 Å². The molecule has 1 fully saturated rings. The van der Waals surface area contributed by atoms with Crippen LogP contribution in [0, 0.1) is 5.82 Å². The number of amides is 2. The molecule has 1 heterocycles. The lowest BCUT2D eigenvalue weighted by Gasteiger charge is -2.26. The van der Waals surface area contributed by atoms with Crippen LogP contribution in [0.15, 0.2) is 24.3 Å². The summed E-state index contributed by atoms with van der Waals surface area (Å²) in [4.78, 5) is 13.4. The summed E-state index contributed by atoms with van der Waals surface area (Å²) in [5, 5.41) is 2.73. The lowest BCUT2D eigenvalue weighted by molar-refractivity contribution is 0.0530. The number of carbonyl (C=O) groups is 1. The molecule has 0 unspecified atom stereocenters. The van der Waals surface area contributed by atoms with Crippen molar-refractivity contribution < 1.29 is 18.7 Å². The van der Waals surface area contributed by atoms with Crippen LogP contribution >= 0.6 is 0 Å². The summed E-state index contributed by atoms with van der Waals surface area (Å²) in [7, 11) is 0. The molecule has 1 aliphatic heterocycles. The van der Waals surface area contributed by atoms with Gasteiger partial charge in [-0.1, -0.05) is 12.1 Å². The van der Waals surface area contributed by atoms with E-state index in [1.807, 2.05) is 0 Å². The number of ether oxygens (including phenoxy) is 2. The van der Waals surface area contributed by atoms with Crippen LogP contribution in [0.4, 0.5) is 9.18 Å². The van der Waals surface area contributed by atoms with Gasteiger partial charge >= 0.3 is 6.03 Å². The fourth-order valence-corrected chi connectivity index (χ4v) is 1.76. The predicted octanol–water partition coefficient (Wildman–Crippen LogP) is 1.25. The molecular weight excluding hydrogens is 251 g/mol. The van der Waals surface area contributed by atoms with Crippen molar-refractivity contribution in [3.63, 3.8) is 0 Å². The Labute approximate surface area is 111 Å². The van der Waals surface area contributed by atoms with Crippen molar-refractivity contribution in [1.29, 1.82) is 0 Å². The summed E-state index contributed by atoms with van der Waals surface area (Å²) >= 11 is 0. The molecule has 0 aromatic heterocycles. The molecule has 1 aliphatic rings. The molecule has 0 aliphatic carbocycles. The van der Waals surface area contributed by atoms with E-state index in [1.54, 1.807) is 23.1 Å². The number of nitrogens with one attached hydrogen (secondary N) is 1. The molecule has 0 atom stereocenters. The Morgan fingerprint density at radius 2 is 2.11 bits per heavy atom. The van der Waals surface area contributed by atoms with Crippen molar-refractivity contribution in [2.75, 3.05) is 39.5 Å². The third-order valence-electron chi connectivity index (χ3n) is 2.77. The number of benzene rings is 1. The van der Waals surface area contributed by atoms with E-state index < -0.39 is 5.82 Å². The maximum Gasteiger partial charge on any atom is 0.317 e. The fourth-order valence-electron chi connectivity index (χ4n) is 1.76. The van der Waals surface area contributed by atoms with Crippen molar-refractivity contribution in [2.24, 2.45) is 0 Å². The minimum absolute atomic E-state index is 0.138. The highest BCUT2D eigenvalue weighted by molar-refractivity contribution is 5.74. The van der Waals surface area contributed by atoms with Crippen LogP contribution in [0.1, 0.15) is 0 Å². The number of morpholine rings is 1. The first-order chi connectivity index (χ1) is 9.27. The number of urea groups is 1. The van der Waals surface area contributed by atoms with E-state index in [1.165, 1.54) is 6.07 Å². The third-order valence-corrected chi connectivity index (χ3v) is 2.77. The molecular formula is C13H17FN2O3. The molecule has 1 N–H and O–H groups in total. The monoisotopic (exact) mass is 268 g/mol. The van der Waals surface area contributed by atoms with E-state index in [0.717, 1.165) is 0 Å². The first-order valence-electron chi connectivity index (χ1n) is 6.25. The van der Waals surface area contributed by atoms with Crippen LogP contribution in [-0.4, -0.2) is 50.4 Å². The Morgan fingerprint density at radius 1 is 1.37 bits per heavy atom. The van der Waals surface area contributed by atoms with Crippen molar-refractivity contribution >= 4 is 6.03 Å². The van der Waals surface area contributed by atoms with E-state index >= 15 is 0 Å². The summed E-state index contributed by atoms with van der Waals surface area (Å²) in [6.07, 6.45) is 0. The summed E-state index contributed by atoms with van der Waals surface area (Å²) in [6, 6.07) is 6.05. The number of hydrogen-bond acceptors (Lipinski definition) is 3. The van der Waals surface area contributed by atoms with Crippen LogP contribution in [0.2, 0.25) is 0 Å². The van der Waals surface area contributed by atoms with E-state index in [9.17, 15) is 9.18 Å². The van der Waals surface area contributed by atoms with Crippen LogP contribution in [0.5, 0.6) is 5.75 Å². The maximum atomic E-state index is 13.2. The molecule has 6 heteroatoms. The summed E-state index contributed by atoms with van der Waals surface area (Å²) in [5.41, 5.74) is 0. The van der Waals surface area contributed by atoms with E-state index in [-0.39, 0.29) is 18.4 Å². The highest BCUT2D eigenvalue weighted by Gasteiger charge is 2.15. The third kappa shape index (κ3) is 4.10. The van der Waals surface area contributed by atoms with Gasteiger partial charge in [-0.15, -0.1) is 0 Å². The van der Waals surface area contributed by atoms with Crippen LogP contribution in [0.3, 0.4) is 0 Å².